The van der Waals surface area contributed by atoms with Gasteiger partial charge in [0.2, 0.25) is 0 Å². The van der Waals surface area contributed by atoms with Crippen LogP contribution in [0.3, 0.4) is 0 Å². The number of methoxy groups -OCH3 is 2. The summed E-state index contributed by atoms with van der Waals surface area (Å²) in [5.41, 5.74) is 4.69. The van der Waals surface area contributed by atoms with Gasteiger partial charge >= 0.3 is 5.97 Å². The van der Waals surface area contributed by atoms with Crippen molar-refractivity contribution in [1.82, 2.24) is 5.43 Å². The number of esters is 1. The van der Waals surface area contributed by atoms with Crippen molar-refractivity contribution in [2.45, 2.75) is 6.61 Å². The van der Waals surface area contributed by atoms with E-state index in [4.69, 9.17) is 42.1 Å². The van der Waals surface area contributed by atoms with Crippen molar-refractivity contribution >= 4 is 41.3 Å². The number of ether oxygens (including phenoxy) is 4. The maximum atomic E-state index is 12.5. The fourth-order valence-corrected chi connectivity index (χ4v) is 3.95. The molecule has 0 radical (unpaired) electrons. The van der Waals surface area contributed by atoms with E-state index < -0.39 is 5.97 Å². The van der Waals surface area contributed by atoms with E-state index in [1.807, 2.05) is 0 Å². The lowest BCUT2D eigenvalue weighted by atomic mass is 10.2. The number of halogens is 2. The van der Waals surface area contributed by atoms with Gasteiger partial charge in [0.05, 0.1) is 26.0 Å². The Balaban J connectivity index is 1.27. The van der Waals surface area contributed by atoms with Gasteiger partial charge < -0.3 is 18.9 Å². The van der Waals surface area contributed by atoms with Crippen LogP contribution in [0.4, 0.5) is 0 Å². The molecule has 0 heterocycles. The highest BCUT2D eigenvalue weighted by Crippen LogP contribution is 2.28. The van der Waals surface area contributed by atoms with E-state index in [1.54, 1.807) is 84.9 Å². The lowest BCUT2D eigenvalue weighted by molar-refractivity contribution is 0.0734. The normalized spacial score (nSPS) is 10.7. The molecule has 1 N–H and O–H groups in total. The van der Waals surface area contributed by atoms with E-state index in [0.717, 1.165) is 5.56 Å². The molecule has 0 bridgehead atoms. The summed E-state index contributed by atoms with van der Waals surface area (Å²) >= 11 is 12.1. The lowest BCUT2D eigenvalue weighted by Gasteiger charge is -2.09. The van der Waals surface area contributed by atoms with Crippen molar-refractivity contribution in [3.05, 3.63) is 117 Å². The fourth-order valence-electron chi connectivity index (χ4n) is 3.48. The van der Waals surface area contributed by atoms with E-state index in [9.17, 15) is 9.59 Å². The van der Waals surface area contributed by atoms with Crippen molar-refractivity contribution < 1.29 is 28.5 Å². The van der Waals surface area contributed by atoms with Gasteiger partial charge in [-0.1, -0.05) is 29.3 Å². The SMILES string of the molecule is COc1ccc(C(=O)Oc2ccc(/C=N/NC(=O)c3ccc(OCc4ccc(Cl)cc4Cl)cc3)cc2)cc1OC. The molecule has 0 spiro atoms. The first-order chi connectivity index (χ1) is 19.4. The smallest absolute Gasteiger partial charge is 0.343 e. The monoisotopic (exact) mass is 578 g/mol. The zero-order chi connectivity index (χ0) is 28.5. The van der Waals surface area contributed by atoms with E-state index in [2.05, 4.69) is 10.5 Å². The third kappa shape index (κ3) is 7.53. The third-order valence-electron chi connectivity index (χ3n) is 5.62. The van der Waals surface area contributed by atoms with Gasteiger partial charge in [-0.25, -0.2) is 10.2 Å². The van der Waals surface area contributed by atoms with Gasteiger partial charge in [0.25, 0.3) is 5.91 Å². The van der Waals surface area contributed by atoms with Crippen LogP contribution < -0.4 is 24.4 Å². The first-order valence-corrected chi connectivity index (χ1v) is 12.7. The molecule has 0 aliphatic carbocycles. The number of nitrogens with zero attached hydrogens (tertiary/aromatic N) is 1. The molecule has 0 aliphatic rings. The second-order valence-corrected chi connectivity index (χ2v) is 9.12. The molecule has 4 aromatic rings. The minimum atomic E-state index is -0.542. The van der Waals surface area contributed by atoms with Gasteiger partial charge in [-0.15, -0.1) is 0 Å². The molecule has 0 aliphatic heterocycles. The minimum Gasteiger partial charge on any atom is -0.493 e. The Morgan fingerprint density at radius 1 is 0.800 bits per heavy atom. The average molecular weight is 579 g/mol. The zero-order valence-electron chi connectivity index (χ0n) is 21.5. The Bertz CT molecular complexity index is 1520. The summed E-state index contributed by atoms with van der Waals surface area (Å²) in [6.45, 7) is 0.264. The fraction of sp³-hybridized carbons (Fsp3) is 0.100. The number of carbonyl (C=O) groups excluding carboxylic acids is 2. The van der Waals surface area contributed by atoms with Crippen LogP contribution in [0, 0.1) is 0 Å². The van der Waals surface area contributed by atoms with Gasteiger partial charge in [-0.3, -0.25) is 4.79 Å². The number of benzene rings is 4. The topological polar surface area (TPSA) is 95.5 Å². The van der Waals surface area contributed by atoms with Gasteiger partial charge in [-0.05, 0) is 84.4 Å². The highest BCUT2D eigenvalue weighted by Gasteiger charge is 2.13. The second kappa shape index (κ2) is 13.5. The number of hydrogen-bond donors (Lipinski definition) is 1. The minimum absolute atomic E-state index is 0.264. The van der Waals surface area contributed by atoms with Crippen LogP contribution >= 0.6 is 23.2 Å². The average Bonchev–Trinajstić information content (AvgIpc) is 2.97. The molecular formula is C30H24Cl2N2O6. The van der Waals surface area contributed by atoms with Crippen molar-refractivity contribution in [1.29, 1.82) is 0 Å². The molecule has 0 aromatic heterocycles. The maximum absolute atomic E-state index is 12.5. The van der Waals surface area contributed by atoms with Crippen LogP contribution in [-0.4, -0.2) is 32.3 Å². The zero-order valence-corrected chi connectivity index (χ0v) is 23.0. The van der Waals surface area contributed by atoms with E-state index in [1.165, 1.54) is 20.4 Å². The van der Waals surface area contributed by atoms with Crippen LogP contribution in [0.2, 0.25) is 10.0 Å². The summed E-state index contributed by atoms with van der Waals surface area (Å²) in [7, 11) is 3.00. The predicted molar refractivity (Wildman–Crippen MR) is 153 cm³/mol. The first-order valence-electron chi connectivity index (χ1n) is 11.9. The third-order valence-corrected chi connectivity index (χ3v) is 6.20. The maximum Gasteiger partial charge on any atom is 0.343 e. The molecule has 0 saturated carbocycles. The number of carbonyl (C=O) groups is 2. The molecule has 4 rings (SSSR count). The summed E-state index contributed by atoms with van der Waals surface area (Å²) < 4.78 is 21.6. The summed E-state index contributed by atoms with van der Waals surface area (Å²) in [5.74, 6) is 0.939. The summed E-state index contributed by atoms with van der Waals surface area (Å²) in [6, 6.07) is 23.2. The lowest BCUT2D eigenvalue weighted by Crippen LogP contribution is -2.17. The molecule has 1 amide bonds. The van der Waals surface area contributed by atoms with E-state index in [-0.39, 0.29) is 12.5 Å². The van der Waals surface area contributed by atoms with E-state index >= 15 is 0 Å². The van der Waals surface area contributed by atoms with Crippen LogP contribution in [0.15, 0.2) is 90.0 Å². The number of hydrogen-bond acceptors (Lipinski definition) is 7. The van der Waals surface area contributed by atoms with Crippen molar-refractivity contribution in [3.63, 3.8) is 0 Å². The molecule has 10 heteroatoms. The van der Waals surface area contributed by atoms with E-state index in [0.29, 0.717) is 49.7 Å². The molecule has 8 nitrogen and oxygen atoms in total. The van der Waals surface area contributed by atoms with Gasteiger partial charge in [0.1, 0.15) is 18.1 Å². The predicted octanol–water partition coefficient (Wildman–Crippen LogP) is 6.57. The number of hydrazone groups is 1. The summed E-state index contributed by atoms with van der Waals surface area (Å²) in [6.07, 6.45) is 1.48. The Morgan fingerprint density at radius 2 is 1.48 bits per heavy atom. The van der Waals surface area contributed by atoms with Crippen molar-refractivity contribution in [3.8, 4) is 23.0 Å². The van der Waals surface area contributed by atoms with Crippen LogP contribution in [0.1, 0.15) is 31.8 Å². The Hall–Kier alpha value is -4.53. The highest BCUT2D eigenvalue weighted by molar-refractivity contribution is 6.35. The molecule has 4 aromatic carbocycles. The second-order valence-electron chi connectivity index (χ2n) is 8.28. The van der Waals surface area contributed by atoms with Crippen molar-refractivity contribution in [2.24, 2.45) is 5.10 Å². The largest absolute Gasteiger partial charge is 0.493 e. The molecule has 0 fully saturated rings. The number of nitrogens with one attached hydrogen (secondary N) is 1. The van der Waals surface area contributed by atoms with Crippen LogP contribution in [-0.2, 0) is 6.61 Å². The Kier molecular flexibility index (Phi) is 9.62. The number of rotatable bonds is 10. The quantitative estimate of drug-likeness (QED) is 0.0988. The first kappa shape index (κ1) is 28.5. The molecular weight excluding hydrogens is 555 g/mol. The molecule has 204 valence electrons. The highest BCUT2D eigenvalue weighted by atomic mass is 35.5. The molecule has 0 atom stereocenters. The van der Waals surface area contributed by atoms with Crippen LogP contribution in [0.25, 0.3) is 0 Å². The summed E-state index contributed by atoms with van der Waals surface area (Å²) in [4.78, 5) is 24.9. The summed E-state index contributed by atoms with van der Waals surface area (Å²) in [5, 5.41) is 5.06. The number of amides is 1. The van der Waals surface area contributed by atoms with Crippen molar-refractivity contribution in [2.75, 3.05) is 14.2 Å². The molecule has 0 unspecified atom stereocenters. The van der Waals surface area contributed by atoms with Gasteiger partial charge in [0.15, 0.2) is 11.5 Å². The molecule has 40 heavy (non-hydrogen) atoms. The van der Waals surface area contributed by atoms with Crippen LogP contribution in [0.5, 0.6) is 23.0 Å². The standard InChI is InChI=1S/C30H24Cl2N2O6/c1-37-27-14-8-21(15-28(27)38-2)30(36)40-25-10-3-19(4-11-25)17-33-34-29(35)20-6-12-24(13-7-20)39-18-22-5-9-23(31)16-26(22)32/h3-17H,18H2,1-2H3,(H,34,35)/b33-17+. The van der Waals surface area contributed by atoms with Gasteiger partial charge in [0, 0.05) is 21.2 Å². The molecule has 0 saturated heterocycles. The Labute approximate surface area is 241 Å². The Morgan fingerprint density at radius 3 is 2.15 bits per heavy atom. The van der Waals surface area contributed by atoms with Gasteiger partial charge in [-0.2, -0.15) is 5.10 Å².